The molecule has 1 N–H and O–H groups in total. The van der Waals surface area contributed by atoms with E-state index in [9.17, 15) is 9.59 Å². The molecular weight excluding hydrogens is 504 g/mol. The normalized spacial score (nSPS) is 15.2. The number of ether oxygens (including phenoxy) is 1. The summed E-state index contributed by atoms with van der Waals surface area (Å²) in [6, 6.07) is 16.2. The van der Waals surface area contributed by atoms with Gasteiger partial charge in [-0.3, -0.25) is 14.3 Å². The number of fused-ring (bicyclic) bond motifs is 1. The van der Waals surface area contributed by atoms with Crippen LogP contribution in [0.2, 0.25) is 0 Å². The molecule has 2 aromatic heterocycles. The number of tetrazole rings is 1. The van der Waals surface area contributed by atoms with E-state index in [2.05, 4.69) is 56.5 Å². The second-order valence-corrected chi connectivity index (χ2v) is 11.1. The van der Waals surface area contributed by atoms with Gasteiger partial charge in [0.2, 0.25) is 5.82 Å². The van der Waals surface area contributed by atoms with Crippen LogP contribution in [-0.4, -0.2) is 42.6 Å². The molecule has 0 saturated heterocycles. The predicted octanol–water partition coefficient (Wildman–Crippen LogP) is 5.35. The molecule has 0 saturated carbocycles. The van der Waals surface area contributed by atoms with Crippen LogP contribution in [0, 0.1) is 5.41 Å². The molecule has 0 bridgehead atoms. The number of aromatic amines is 1. The van der Waals surface area contributed by atoms with Crippen molar-refractivity contribution in [3.05, 3.63) is 75.7 Å². The van der Waals surface area contributed by atoms with E-state index in [0.29, 0.717) is 25.4 Å². The Morgan fingerprint density at radius 3 is 2.52 bits per heavy atom. The average Bonchev–Trinajstić information content (AvgIpc) is 3.60. The van der Waals surface area contributed by atoms with Crippen molar-refractivity contribution >= 4 is 5.97 Å². The molecule has 3 heterocycles. The largest absolute Gasteiger partial charge is 0.466 e. The lowest BCUT2D eigenvalue weighted by atomic mass is 9.81. The van der Waals surface area contributed by atoms with Crippen LogP contribution < -0.4 is 5.56 Å². The van der Waals surface area contributed by atoms with Crippen LogP contribution in [0.4, 0.5) is 0 Å². The molecule has 210 valence electrons. The van der Waals surface area contributed by atoms with E-state index >= 15 is 0 Å². The molecule has 0 aliphatic carbocycles. The fraction of sp³-hybridized carbons (Fsp3) is 0.452. The van der Waals surface area contributed by atoms with E-state index in [4.69, 9.17) is 4.74 Å². The van der Waals surface area contributed by atoms with Crippen LogP contribution in [0.1, 0.15) is 76.2 Å². The lowest BCUT2D eigenvalue weighted by molar-refractivity contribution is -0.157. The number of nitrogens with one attached hydrogen (secondary N) is 1. The minimum atomic E-state index is -0.740. The van der Waals surface area contributed by atoms with Crippen LogP contribution in [0.5, 0.6) is 0 Å². The summed E-state index contributed by atoms with van der Waals surface area (Å²) >= 11 is 0. The molecule has 0 spiro atoms. The Morgan fingerprint density at radius 1 is 1.10 bits per heavy atom. The summed E-state index contributed by atoms with van der Waals surface area (Å²) in [7, 11) is 0. The first-order valence-corrected chi connectivity index (χ1v) is 14.3. The number of unbranched alkanes of at least 4 members (excludes halogenated alkanes) is 1. The van der Waals surface area contributed by atoms with Gasteiger partial charge in [-0.15, -0.1) is 10.2 Å². The number of carbonyl (C=O) groups is 1. The van der Waals surface area contributed by atoms with Crippen molar-refractivity contribution in [2.45, 2.75) is 78.8 Å². The summed E-state index contributed by atoms with van der Waals surface area (Å²) < 4.78 is 9.49. The summed E-state index contributed by atoms with van der Waals surface area (Å²) in [5, 5.41) is 14.5. The summed E-state index contributed by atoms with van der Waals surface area (Å²) in [5.74, 6) is 0.335. The van der Waals surface area contributed by atoms with Crippen molar-refractivity contribution in [1.82, 2.24) is 30.0 Å². The fourth-order valence-corrected chi connectivity index (χ4v) is 5.90. The van der Waals surface area contributed by atoms with E-state index in [-0.39, 0.29) is 17.6 Å². The smallest absolute Gasteiger partial charge is 0.313 e. The van der Waals surface area contributed by atoms with E-state index < -0.39 is 5.41 Å². The molecule has 1 atom stereocenters. The van der Waals surface area contributed by atoms with Gasteiger partial charge in [-0.05, 0) is 68.4 Å². The molecule has 5 rings (SSSR count). The van der Waals surface area contributed by atoms with E-state index in [0.717, 1.165) is 65.6 Å². The molecule has 9 nitrogen and oxygen atoms in total. The fourth-order valence-electron chi connectivity index (χ4n) is 5.90. The lowest BCUT2D eigenvalue weighted by Gasteiger charge is -2.38. The molecule has 0 amide bonds. The highest BCUT2D eigenvalue weighted by atomic mass is 16.5. The van der Waals surface area contributed by atoms with Gasteiger partial charge < -0.3 is 4.74 Å². The standard InChI is InChI=1S/C31H38N6O3/c1-5-7-13-26-25(29(38)36-19-10-14-27(37(26)36)31(3,4)30(39)40-6-2)20-21-15-17-22(18-16-21)23-11-8-9-12-24(23)28-32-34-35-33-28/h8-9,11-12,15-18,27H,5-7,10,13-14,19-20H2,1-4H3,(H,32,33,34,35). The summed E-state index contributed by atoms with van der Waals surface area (Å²) in [5.41, 5.74) is 5.24. The number of carbonyl (C=O) groups excluding carboxylic acids is 1. The zero-order valence-corrected chi connectivity index (χ0v) is 23.8. The Bertz CT molecular complexity index is 1520. The second kappa shape index (κ2) is 11.6. The molecule has 2 aromatic carbocycles. The van der Waals surface area contributed by atoms with E-state index in [1.807, 2.05) is 49.7 Å². The van der Waals surface area contributed by atoms with Gasteiger partial charge in [0.15, 0.2) is 0 Å². The van der Waals surface area contributed by atoms with Gasteiger partial charge in [-0.2, -0.15) is 5.21 Å². The third kappa shape index (κ3) is 5.12. The number of rotatable bonds is 10. The quantitative estimate of drug-likeness (QED) is 0.271. The molecule has 0 radical (unpaired) electrons. The highest BCUT2D eigenvalue weighted by Crippen LogP contribution is 2.40. The van der Waals surface area contributed by atoms with Crippen LogP contribution in [0.15, 0.2) is 53.3 Å². The van der Waals surface area contributed by atoms with Crippen molar-refractivity contribution in [2.75, 3.05) is 6.61 Å². The maximum atomic E-state index is 13.8. The van der Waals surface area contributed by atoms with Crippen molar-refractivity contribution in [3.8, 4) is 22.5 Å². The second-order valence-electron chi connectivity index (χ2n) is 11.1. The number of hydrogen-bond acceptors (Lipinski definition) is 6. The Balaban J connectivity index is 1.50. The number of esters is 1. The summed E-state index contributed by atoms with van der Waals surface area (Å²) in [6.07, 6.45) is 5.06. The van der Waals surface area contributed by atoms with Gasteiger partial charge in [0, 0.05) is 29.8 Å². The highest BCUT2D eigenvalue weighted by molar-refractivity contribution is 5.80. The molecule has 0 fully saturated rings. The van der Waals surface area contributed by atoms with Crippen LogP contribution in [-0.2, 0) is 28.9 Å². The van der Waals surface area contributed by atoms with Crippen LogP contribution in [0.25, 0.3) is 22.5 Å². The average molecular weight is 543 g/mol. The maximum Gasteiger partial charge on any atom is 0.313 e. The Hall–Kier alpha value is -4.01. The van der Waals surface area contributed by atoms with Crippen molar-refractivity contribution in [3.63, 3.8) is 0 Å². The monoisotopic (exact) mass is 542 g/mol. The summed E-state index contributed by atoms with van der Waals surface area (Å²) in [4.78, 5) is 26.8. The zero-order valence-electron chi connectivity index (χ0n) is 23.8. The van der Waals surface area contributed by atoms with Crippen LogP contribution >= 0.6 is 0 Å². The van der Waals surface area contributed by atoms with Gasteiger partial charge in [-0.1, -0.05) is 61.9 Å². The topological polar surface area (TPSA) is 108 Å². The highest BCUT2D eigenvalue weighted by Gasteiger charge is 2.43. The van der Waals surface area contributed by atoms with Crippen molar-refractivity contribution < 1.29 is 9.53 Å². The van der Waals surface area contributed by atoms with Gasteiger partial charge in [-0.25, -0.2) is 4.68 Å². The molecule has 1 aliphatic heterocycles. The molecule has 40 heavy (non-hydrogen) atoms. The molecule has 1 unspecified atom stereocenters. The zero-order chi connectivity index (χ0) is 28.3. The number of benzene rings is 2. The maximum absolute atomic E-state index is 13.8. The van der Waals surface area contributed by atoms with Crippen molar-refractivity contribution in [1.29, 1.82) is 0 Å². The van der Waals surface area contributed by atoms with Gasteiger partial charge in [0.25, 0.3) is 5.56 Å². The minimum absolute atomic E-state index is 0.0574. The first-order chi connectivity index (χ1) is 19.4. The molecule has 9 heteroatoms. The molecule has 4 aromatic rings. The first-order valence-electron chi connectivity index (χ1n) is 14.3. The predicted molar refractivity (Wildman–Crippen MR) is 154 cm³/mol. The Labute approximate surface area is 234 Å². The van der Waals surface area contributed by atoms with Crippen molar-refractivity contribution in [2.24, 2.45) is 5.41 Å². The number of H-pyrrole nitrogens is 1. The number of aromatic nitrogens is 6. The first kappa shape index (κ1) is 27.6. The molecule has 1 aliphatic rings. The van der Waals surface area contributed by atoms with E-state index in [1.165, 1.54) is 0 Å². The third-order valence-electron chi connectivity index (χ3n) is 8.08. The van der Waals surface area contributed by atoms with Gasteiger partial charge in [0.1, 0.15) is 0 Å². The number of hydrogen-bond donors (Lipinski definition) is 1. The van der Waals surface area contributed by atoms with Gasteiger partial charge >= 0.3 is 5.97 Å². The summed E-state index contributed by atoms with van der Waals surface area (Å²) in [6.45, 7) is 8.90. The SMILES string of the molecule is CCCCc1c(Cc2ccc(-c3ccccc3-c3nn[nH]n3)cc2)c(=O)n2n1C(C(C)(C)C(=O)OCC)CCC2. The van der Waals surface area contributed by atoms with Crippen LogP contribution in [0.3, 0.4) is 0 Å². The Morgan fingerprint density at radius 2 is 1.85 bits per heavy atom. The lowest BCUT2D eigenvalue weighted by Crippen LogP contribution is -2.42. The van der Waals surface area contributed by atoms with E-state index in [1.54, 1.807) is 0 Å². The molecular formula is C31H38N6O3. The third-order valence-corrected chi connectivity index (χ3v) is 8.08. The van der Waals surface area contributed by atoms with Gasteiger partial charge in [0.05, 0.1) is 18.1 Å². The minimum Gasteiger partial charge on any atom is -0.466 e. The number of nitrogens with zero attached hydrogens (tertiary/aromatic N) is 5. The Kier molecular flexibility index (Phi) is 8.00.